The fourth-order valence-electron chi connectivity index (χ4n) is 5.81. The van der Waals surface area contributed by atoms with E-state index in [4.69, 9.17) is 26.1 Å². The maximum atomic E-state index is 13.9. The molecule has 2 aliphatic rings. The molecule has 0 radical (unpaired) electrons. The quantitative estimate of drug-likeness (QED) is 0.352. The minimum Gasteiger partial charge on any atom is -0.497 e. The Kier molecular flexibility index (Phi) is 8.93. The van der Waals surface area contributed by atoms with Crippen LogP contribution in [0.4, 0.5) is 5.82 Å². The van der Waals surface area contributed by atoms with Gasteiger partial charge in [0, 0.05) is 60.5 Å². The van der Waals surface area contributed by atoms with Crippen molar-refractivity contribution >= 4 is 34.2 Å². The summed E-state index contributed by atoms with van der Waals surface area (Å²) in [4.78, 5) is 33.8. The zero-order chi connectivity index (χ0) is 28.2. The molecule has 2 N–H and O–H groups in total. The number of hydrogen-bond acceptors (Lipinski definition) is 7. The van der Waals surface area contributed by atoms with Gasteiger partial charge in [-0.1, -0.05) is 18.0 Å². The first-order valence-corrected chi connectivity index (χ1v) is 14.6. The number of pyridine rings is 2. The SMILES string of the molecule is CCNC(=O)c1cc(OC)cc(-c2cc3cnc4c(c3n(CC)c2=O)CC(CCCCN2CCOCC2)N4)c1Cl. The predicted molar refractivity (Wildman–Crippen MR) is 159 cm³/mol. The number of anilines is 1. The molecule has 1 aromatic carbocycles. The van der Waals surface area contributed by atoms with Gasteiger partial charge in [0.15, 0.2) is 0 Å². The van der Waals surface area contributed by atoms with Gasteiger partial charge in [0.2, 0.25) is 0 Å². The largest absolute Gasteiger partial charge is 0.497 e. The van der Waals surface area contributed by atoms with Crippen LogP contribution in [0.3, 0.4) is 0 Å². The van der Waals surface area contributed by atoms with Crippen LogP contribution in [-0.2, 0) is 17.7 Å². The normalized spacial score (nSPS) is 17.1. The van der Waals surface area contributed by atoms with E-state index in [1.807, 2.05) is 26.1 Å². The van der Waals surface area contributed by atoms with Crippen molar-refractivity contribution in [3.05, 3.63) is 50.9 Å². The number of carbonyl (C=O) groups excluding carboxylic acids is 1. The lowest BCUT2D eigenvalue weighted by molar-refractivity contribution is 0.0371. The molecule has 10 heteroatoms. The summed E-state index contributed by atoms with van der Waals surface area (Å²) in [5.74, 6) is 1.000. The molecule has 1 unspecified atom stereocenters. The lowest BCUT2D eigenvalue weighted by Crippen LogP contribution is -2.36. The van der Waals surface area contributed by atoms with Crippen molar-refractivity contribution in [3.63, 3.8) is 0 Å². The van der Waals surface area contributed by atoms with Crippen LogP contribution in [0, 0.1) is 0 Å². The van der Waals surface area contributed by atoms with Gasteiger partial charge < -0.3 is 24.7 Å². The molecule has 0 saturated carbocycles. The summed E-state index contributed by atoms with van der Waals surface area (Å²) in [6.07, 6.45) is 5.99. The molecule has 4 heterocycles. The Morgan fingerprint density at radius 1 is 1.20 bits per heavy atom. The molecule has 0 aliphatic carbocycles. The third-order valence-electron chi connectivity index (χ3n) is 7.87. The number of unbranched alkanes of at least 4 members (excludes halogenated alkanes) is 1. The summed E-state index contributed by atoms with van der Waals surface area (Å²) >= 11 is 6.75. The molecule has 214 valence electrons. The number of methoxy groups -OCH3 is 1. The standard InChI is InChI=1S/C30H38ClN5O4/c1-4-32-29(37)24-17-21(39-3)16-22(26(24)31)23-14-19-18-33-28-25(27(19)36(5-2)30(23)38)15-20(34-28)8-6-7-9-35-10-12-40-13-11-35/h14,16-18,20H,4-13,15H2,1-3H3,(H,32,37)(H,33,34). The minimum atomic E-state index is -0.314. The number of rotatable bonds is 10. The smallest absolute Gasteiger partial charge is 0.258 e. The molecule has 40 heavy (non-hydrogen) atoms. The number of ether oxygens (including phenoxy) is 2. The van der Waals surface area contributed by atoms with E-state index in [1.54, 1.807) is 16.7 Å². The number of nitrogens with zero attached hydrogens (tertiary/aromatic N) is 3. The van der Waals surface area contributed by atoms with E-state index < -0.39 is 0 Å². The van der Waals surface area contributed by atoms with E-state index in [9.17, 15) is 9.59 Å². The van der Waals surface area contributed by atoms with E-state index in [0.29, 0.717) is 36.0 Å². The maximum Gasteiger partial charge on any atom is 0.258 e. The van der Waals surface area contributed by atoms with Crippen molar-refractivity contribution in [3.8, 4) is 16.9 Å². The van der Waals surface area contributed by atoms with Crippen LogP contribution in [0.15, 0.2) is 29.2 Å². The number of fused-ring (bicyclic) bond motifs is 3. The number of morpholine rings is 1. The summed E-state index contributed by atoms with van der Waals surface area (Å²) in [5.41, 5.74) is 2.99. The molecule has 1 saturated heterocycles. The Bertz CT molecular complexity index is 1450. The number of carbonyl (C=O) groups is 1. The number of aryl methyl sites for hydroxylation is 1. The highest BCUT2D eigenvalue weighted by Crippen LogP contribution is 2.37. The highest BCUT2D eigenvalue weighted by Gasteiger charge is 2.27. The predicted octanol–water partition coefficient (Wildman–Crippen LogP) is 4.33. The van der Waals surface area contributed by atoms with Crippen molar-refractivity contribution < 1.29 is 14.3 Å². The maximum absolute atomic E-state index is 13.9. The second kappa shape index (κ2) is 12.6. The average molecular weight is 568 g/mol. The van der Waals surface area contributed by atoms with E-state index in [-0.39, 0.29) is 22.1 Å². The van der Waals surface area contributed by atoms with Crippen LogP contribution in [0.1, 0.15) is 49.0 Å². The number of aromatic nitrogens is 2. The lowest BCUT2D eigenvalue weighted by atomic mass is 9.99. The van der Waals surface area contributed by atoms with Crippen LogP contribution >= 0.6 is 11.6 Å². The van der Waals surface area contributed by atoms with E-state index >= 15 is 0 Å². The molecule has 3 aromatic rings. The van der Waals surface area contributed by atoms with Gasteiger partial charge in [0.05, 0.1) is 36.4 Å². The van der Waals surface area contributed by atoms with Gasteiger partial charge in [-0.25, -0.2) is 4.98 Å². The van der Waals surface area contributed by atoms with Gasteiger partial charge in [-0.2, -0.15) is 0 Å². The Balaban J connectivity index is 1.44. The van der Waals surface area contributed by atoms with Crippen molar-refractivity contribution in [1.82, 2.24) is 19.8 Å². The highest BCUT2D eigenvalue weighted by atomic mass is 35.5. The second-order valence-electron chi connectivity index (χ2n) is 10.4. The highest BCUT2D eigenvalue weighted by molar-refractivity contribution is 6.36. The summed E-state index contributed by atoms with van der Waals surface area (Å²) in [5, 5.41) is 7.46. The minimum absolute atomic E-state index is 0.158. The van der Waals surface area contributed by atoms with Gasteiger partial charge in [0.1, 0.15) is 11.6 Å². The molecule has 2 aromatic heterocycles. The first-order valence-electron chi connectivity index (χ1n) is 14.2. The van der Waals surface area contributed by atoms with Gasteiger partial charge in [-0.05, 0) is 57.9 Å². The third kappa shape index (κ3) is 5.68. The van der Waals surface area contributed by atoms with Crippen molar-refractivity contribution in [1.29, 1.82) is 0 Å². The lowest BCUT2D eigenvalue weighted by Gasteiger charge is -2.26. The number of amides is 1. The average Bonchev–Trinajstić information content (AvgIpc) is 3.39. The topological polar surface area (TPSA) is 97.7 Å². The molecule has 9 nitrogen and oxygen atoms in total. The van der Waals surface area contributed by atoms with E-state index in [1.165, 1.54) is 7.11 Å². The van der Waals surface area contributed by atoms with Crippen molar-refractivity contribution in [2.75, 3.05) is 51.8 Å². The molecule has 1 atom stereocenters. The summed E-state index contributed by atoms with van der Waals surface area (Å²) in [6, 6.07) is 5.44. The first-order chi connectivity index (χ1) is 19.4. The fourth-order valence-corrected chi connectivity index (χ4v) is 6.11. The summed E-state index contributed by atoms with van der Waals surface area (Å²) in [7, 11) is 1.53. The zero-order valence-electron chi connectivity index (χ0n) is 23.5. The number of benzene rings is 1. The molecule has 0 spiro atoms. The number of nitrogens with one attached hydrogen (secondary N) is 2. The molecule has 0 bridgehead atoms. The van der Waals surface area contributed by atoms with Crippen LogP contribution < -0.4 is 20.9 Å². The second-order valence-corrected chi connectivity index (χ2v) is 10.8. The third-order valence-corrected chi connectivity index (χ3v) is 8.27. The van der Waals surface area contributed by atoms with Crippen molar-refractivity contribution in [2.24, 2.45) is 0 Å². The van der Waals surface area contributed by atoms with Crippen LogP contribution in [0.2, 0.25) is 5.02 Å². The van der Waals surface area contributed by atoms with Gasteiger partial charge in [0.25, 0.3) is 11.5 Å². The fraction of sp³-hybridized carbons (Fsp3) is 0.500. The molecule has 2 aliphatic heterocycles. The Hall–Kier alpha value is -3.14. The molecular formula is C30H38ClN5O4. The number of halogens is 1. The van der Waals surface area contributed by atoms with Crippen LogP contribution in [0.5, 0.6) is 5.75 Å². The zero-order valence-corrected chi connectivity index (χ0v) is 24.3. The Morgan fingerprint density at radius 2 is 2.00 bits per heavy atom. The molecule has 5 rings (SSSR count). The van der Waals surface area contributed by atoms with Gasteiger partial charge >= 0.3 is 0 Å². The van der Waals surface area contributed by atoms with Gasteiger partial charge in [-0.15, -0.1) is 0 Å². The first kappa shape index (κ1) is 28.4. The van der Waals surface area contributed by atoms with Gasteiger partial charge in [-0.3, -0.25) is 14.5 Å². The van der Waals surface area contributed by atoms with Crippen LogP contribution in [0.25, 0.3) is 22.0 Å². The molecular weight excluding hydrogens is 530 g/mol. The van der Waals surface area contributed by atoms with Crippen molar-refractivity contribution in [2.45, 2.75) is 52.1 Å². The van der Waals surface area contributed by atoms with E-state index in [2.05, 4.69) is 15.5 Å². The Labute approximate surface area is 239 Å². The molecule has 1 fully saturated rings. The Morgan fingerprint density at radius 3 is 2.73 bits per heavy atom. The summed E-state index contributed by atoms with van der Waals surface area (Å²) in [6.45, 7) is 9.58. The van der Waals surface area contributed by atoms with E-state index in [0.717, 1.165) is 80.8 Å². The monoisotopic (exact) mass is 567 g/mol. The summed E-state index contributed by atoms with van der Waals surface area (Å²) < 4.78 is 12.7. The number of hydrogen-bond donors (Lipinski definition) is 2. The van der Waals surface area contributed by atoms with Crippen LogP contribution in [-0.4, -0.2) is 72.9 Å². The molecule has 1 amide bonds.